The lowest BCUT2D eigenvalue weighted by molar-refractivity contribution is -0.139. The van der Waals surface area contributed by atoms with Crippen LogP contribution in [0.5, 0.6) is 0 Å². The second-order valence-electron chi connectivity index (χ2n) is 3.75. The van der Waals surface area contributed by atoms with Crippen LogP contribution in [0.25, 0.3) is 0 Å². The Kier molecular flexibility index (Phi) is 3.37. The van der Waals surface area contributed by atoms with E-state index in [0.29, 0.717) is 12.8 Å². The van der Waals surface area contributed by atoms with Gasteiger partial charge in [-0.15, -0.1) is 0 Å². The molecule has 2 N–H and O–H groups in total. The van der Waals surface area contributed by atoms with Crippen molar-refractivity contribution in [3.8, 4) is 0 Å². The first-order chi connectivity index (χ1) is 6.87. The molecule has 0 aromatic rings. The fraction of sp³-hybridized carbons (Fsp3) is 0.875. The second kappa shape index (κ2) is 4.07. The molecule has 7 heteroatoms. The Hall–Kier alpha value is -0.660. The van der Waals surface area contributed by atoms with Crippen molar-refractivity contribution in [2.24, 2.45) is 0 Å². The van der Waals surface area contributed by atoms with Crippen LogP contribution in [0, 0.1) is 0 Å². The summed E-state index contributed by atoms with van der Waals surface area (Å²) >= 11 is 0. The van der Waals surface area contributed by atoms with E-state index < -0.39 is 26.8 Å². The van der Waals surface area contributed by atoms with Crippen molar-refractivity contribution in [1.82, 2.24) is 4.72 Å². The average Bonchev–Trinajstić information content (AvgIpc) is 2.95. The largest absolute Gasteiger partial charge is 0.468 e. The molecule has 6 nitrogen and oxygen atoms in total. The number of nitrogens with one attached hydrogen (secondary N) is 1. The Labute approximate surface area is 88.7 Å². The van der Waals surface area contributed by atoms with Gasteiger partial charge in [0.15, 0.2) is 5.25 Å². The lowest BCUT2D eigenvalue weighted by Crippen LogP contribution is -2.46. The molecule has 0 saturated heterocycles. The lowest BCUT2D eigenvalue weighted by atomic mass is 10.3. The van der Waals surface area contributed by atoms with Crippen LogP contribution in [0.3, 0.4) is 0 Å². The fourth-order valence-corrected chi connectivity index (χ4v) is 2.52. The molecule has 0 aromatic heterocycles. The predicted molar refractivity (Wildman–Crippen MR) is 52.6 cm³/mol. The van der Waals surface area contributed by atoms with Crippen LogP contribution >= 0.6 is 0 Å². The molecule has 1 aliphatic rings. The molecule has 0 amide bonds. The standard InChI is InChI=1S/C8H15NO5S/c1-6(7(11)14-2)15(12,13)9-8(5-10)3-4-8/h6,9-10H,3-5H2,1-2H3. The van der Waals surface area contributed by atoms with E-state index in [1.165, 1.54) is 6.92 Å². The van der Waals surface area contributed by atoms with Gasteiger partial charge in [0.25, 0.3) is 0 Å². The molecule has 1 rings (SSSR count). The quantitative estimate of drug-likeness (QED) is 0.598. The Morgan fingerprint density at radius 1 is 1.60 bits per heavy atom. The summed E-state index contributed by atoms with van der Waals surface area (Å²) in [6.07, 6.45) is 1.19. The van der Waals surface area contributed by atoms with Crippen molar-refractivity contribution in [3.63, 3.8) is 0 Å². The summed E-state index contributed by atoms with van der Waals surface area (Å²) in [5, 5.41) is 7.70. The van der Waals surface area contributed by atoms with Crippen molar-refractivity contribution >= 4 is 16.0 Å². The lowest BCUT2D eigenvalue weighted by Gasteiger charge is -2.17. The number of hydrogen-bond donors (Lipinski definition) is 2. The van der Waals surface area contributed by atoms with Crippen molar-refractivity contribution in [2.45, 2.75) is 30.6 Å². The first-order valence-electron chi connectivity index (χ1n) is 4.58. The summed E-state index contributed by atoms with van der Waals surface area (Å²) in [7, 11) is -2.63. The third-order valence-corrected chi connectivity index (χ3v) is 4.35. The highest BCUT2D eigenvalue weighted by Gasteiger charge is 2.47. The molecule has 1 aliphatic carbocycles. The van der Waals surface area contributed by atoms with E-state index in [-0.39, 0.29) is 6.61 Å². The molecule has 1 atom stereocenters. The fourth-order valence-electron chi connectivity index (χ4n) is 1.13. The minimum atomic E-state index is -3.76. The van der Waals surface area contributed by atoms with Gasteiger partial charge in [-0.2, -0.15) is 0 Å². The zero-order valence-electron chi connectivity index (χ0n) is 8.69. The van der Waals surface area contributed by atoms with Gasteiger partial charge in [0.05, 0.1) is 19.3 Å². The Bertz CT molecular complexity index is 346. The van der Waals surface area contributed by atoms with Gasteiger partial charge in [-0.25, -0.2) is 13.1 Å². The zero-order valence-corrected chi connectivity index (χ0v) is 9.50. The summed E-state index contributed by atoms with van der Waals surface area (Å²) in [5.41, 5.74) is -0.749. The number of hydrogen-bond acceptors (Lipinski definition) is 5. The van der Waals surface area contributed by atoms with E-state index in [1.807, 2.05) is 0 Å². The number of esters is 1. The summed E-state index contributed by atoms with van der Waals surface area (Å²) in [4.78, 5) is 11.0. The normalized spacial score (nSPS) is 20.7. The molecule has 0 aliphatic heterocycles. The molecule has 0 aromatic carbocycles. The SMILES string of the molecule is COC(=O)C(C)S(=O)(=O)NC1(CO)CC1. The number of rotatable bonds is 5. The first kappa shape index (κ1) is 12.4. The van der Waals surface area contributed by atoms with Gasteiger partial charge in [-0.1, -0.05) is 0 Å². The number of ether oxygens (including phenoxy) is 1. The maximum Gasteiger partial charge on any atom is 0.325 e. The molecule has 0 bridgehead atoms. The Morgan fingerprint density at radius 2 is 2.13 bits per heavy atom. The number of carbonyl (C=O) groups excluding carboxylic acids is 1. The van der Waals surface area contributed by atoms with Gasteiger partial charge in [-0.05, 0) is 19.8 Å². The molecule has 1 saturated carbocycles. The molecule has 0 heterocycles. The van der Waals surface area contributed by atoms with E-state index >= 15 is 0 Å². The maximum atomic E-state index is 11.6. The molecule has 1 unspecified atom stereocenters. The minimum absolute atomic E-state index is 0.250. The number of methoxy groups -OCH3 is 1. The smallest absolute Gasteiger partial charge is 0.325 e. The van der Waals surface area contributed by atoms with Crippen LogP contribution in [0.1, 0.15) is 19.8 Å². The van der Waals surface area contributed by atoms with Crippen molar-refractivity contribution in [1.29, 1.82) is 0 Å². The van der Waals surface area contributed by atoms with Gasteiger partial charge < -0.3 is 9.84 Å². The van der Waals surface area contributed by atoms with Crippen LogP contribution in [-0.4, -0.2) is 44.0 Å². The molecule has 88 valence electrons. The summed E-state index contributed by atoms with van der Waals surface area (Å²) in [6.45, 7) is 1.00. The van der Waals surface area contributed by atoms with Gasteiger partial charge in [-0.3, -0.25) is 4.79 Å². The summed E-state index contributed by atoms with van der Waals surface area (Å²) < 4.78 is 29.9. The third-order valence-electron chi connectivity index (χ3n) is 2.51. The first-order valence-corrected chi connectivity index (χ1v) is 6.13. The maximum absolute atomic E-state index is 11.6. The van der Waals surface area contributed by atoms with Crippen molar-refractivity contribution < 1.29 is 23.1 Å². The van der Waals surface area contributed by atoms with Gasteiger partial charge in [0, 0.05) is 0 Å². The molecule has 0 radical (unpaired) electrons. The Balaban J connectivity index is 2.71. The van der Waals surface area contributed by atoms with Crippen LogP contribution in [-0.2, 0) is 19.6 Å². The van der Waals surface area contributed by atoms with Gasteiger partial charge in [0.1, 0.15) is 0 Å². The van der Waals surface area contributed by atoms with Crippen LogP contribution in [0.4, 0.5) is 0 Å². The minimum Gasteiger partial charge on any atom is -0.468 e. The van der Waals surface area contributed by atoms with Crippen LogP contribution in [0.2, 0.25) is 0 Å². The Morgan fingerprint density at radius 3 is 2.47 bits per heavy atom. The highest BCUT2D eigenvalue weighted by Crippen LogP contribution is 2.35. The van der Waals surface area contributed by atoms with Crippen LogP contribution < -0.4 is 4.72 Å². The highest BCUT2D eigenvalue weighted by atomic mass is 32.2. The third kappa shape index (κ3) is 2.67. The highest BCUT2D eigenvalue weighted by molar-refractivity contribution is 7.90. The number of sulfonamides is 1. The van der Waals surface area contributed by atoms with E-state index in [2.05, 4.69) is 9.46 Å². The van der Waals surface area contributed by atoms with E-state index in [4.69, 9.17) is 5.11 Å². The molecule has 0 spiro atoms. The molecule has 15 heavy (non-hydrogen) atoms. The van der Waals surface area contributed by atoms with Crippen molar-refractivity contribution in [3.05, 3.63) is 0 Å². The monoisotopic (exact) mass is 237 g/mol. The second-order valence-corrected chi connectivity index (χ2v) is 5.75. The van der Waals surface area contributed by atoms with Crippen molar-refractivity contribution in [2.75, 3.05) is 13.7 Å². The molecule has 1 fully saturated rings. The molecular weight excluding hydrogens is 222 g/mol. The number of carbonyl (C=O) groups is 1. The van der Waals surface area contributed by atoms with Gasteiger partial charge >= 0.3 is 5.97 Å². The zero-order chi connectivity index (χ0) is 11.7. The van der Waals surface area contributed by atoms with Gasteiger partial charge in [0.2, 0.25) is 10.0 Å². The number of aliphatic hydroxyl groups is 1. The van der Waals surface area contributed by atoms with E-state index in [0.717, 1.165) is 7.11 Å². The number of aliphatic hydroxyl groups excluding tert-OH is 1. The summed E-state index contributed by atoms with van der Waals surface area (Å²) in [6, 6.07) is 0. The summed E-state index contributed by atoms with van der Waals surface area (Å²) in [5.74, 6) is -0.809. The van der Waals surface area contributed by atoms with E-state index in [1.54, 1.807) is 0 Å². The van der Waals surface area contributed by atoms with Crippen LogP contribution in [0.15, 0.2) is 0 Å². The predicted octanol–water partition coefficient (Wildman–Crippen LogP) is -1.01. The van der Waals surface area contributed by atoms with E-state index in [9.17, 15) is 13.2 Å². The molecular formula is C8H15NO5S. The topological polar surface area (TPSA) is 92.7 Å². The average molecular weight is 237 g/mol.